The highest BCUT2D eigenvalue weighted by Crippen LogP contribution is 2.40. The third kappa shape index (κ3) is 2.18. The molecule has 0 N–H and O–H groups in total. The van der Waals surface area contributed by atoms with Gasteiger partial charge in [-0.2, -0.15) is 0 Å². The molecule has 0 aliphatic carbocycles. The van der Waals surface area contributed by atoms with E-state index in [4.69, 9.17) is 14.2 Å². The maximum Gasteiger partial charge on any atom is 0.331 e. The minimum absolute atomic E-state index is 0.101. The molecule has 4 nitrogen and oxygen atoms in total. The number of carbonyl (C=O) groups is 1. The average Bonchev–Trinajstić information content (AvgIpc) is 2.40. The van der Waals surface area contributed by atoms with Crippen molar-refractivity contribution >= 4 is 5.97 Å². The Kier molecular flexibility index (Phi) is 3.55. The van der Waals surface area contributed by atoms with Gasteiger partial charge in [0.1, 0.15) is 6.10 Å². The zero-order chi connectivity index (χ0) is 13.1. The third-order valence-electron chi connectivity index (χ3n) is 3.00. The lowest BCUT2D eigenvalue weighted by Gasteiger charge is -2.26. The van der Waals surface area contributed by atoms with E-state index in [1.165, 1.54) is 6.08 Å². The van der Waals surface area contributed by atoms with Crippen molar-refractivity contribution in [3.8, 4) is 11.5 Å². The van der Waals surface area contributed by atoms with Gasteiger partial charge in [0.25, 0.3) is 0 Å². The molecule has 2 atom stereocenters. The van der Waals surface area contributed by atoms with E-state index in [0.717, 1.165) is 5.56 Å². The van der Waals surface area contributed by atoms with Gasteiger partial charge in [0, 0.05) is 17.6 Å². The summed E-state index contributed by atoms with van der Waals surface area (Å²) < 4.78 is 16.0. The predicted octanol–water partition coefficient (Wildman–Crippen LogP) is 2.49. The fourth-order valence-electron chi connectivity index (χ4n) is 2.09. The van der Waals surface area contributed by atoms with E-state index in [2.05, 4.69) is 0 Å². The van der Waals surface area contributed by atoms with E-state index < -0.39 is 0 Å². The van der Waals surface area contributed by atoms with Gasteiger partial charge in [-0.15, -0.1) is 0 Å². The van der Waals surface area contributed by atoms with Crippen LogP contribution in [0.15, 0.2) is 30.4 Å². The fraction of sp³-hybridized carbons (Fsp3) is 0.357. The Morgan fingerprint density at radius 1 is 1.22 bits per heavy atom. The first-order valence-electron chi connectivity index (χ1n) is 5.77. The quantitative estimate of drug-likeness (QED) is 0.771. The number of ether oxygens (including phenoxy) is 3. The lowest BCUT2D eigenvalue weighted by atomic mass is 9.94. The van der Waals surface area contributed by atoms with Gasteiger partial charge >= 0.3 is 5.97 Å². The molecule has 1 heterocycles. The van der Waals surface area contributed by atoms with Gasteiger partial charge in [-0.25, -0.2) is 4.79 Å². The lowest BCUT2D eigenvalue weighted by molar-refractivity contribution is -0.146. The maximum atomic E-state index is 11.4. The highest BCUT2D eigenvalue weighted by molar-refractivity contribution is 5.83. The number of esters is 1. The monoisotopic (exact) mass is 248 g/mol. The zero-order valence-electron chi connectivity index (χ0n) is 10.7. The van der Waals surface area contributed by atoms with Crippen LogP contribution >= 0.6 is 0 Å². The summed E-state index contributed by atoms with van der Waals surface area (Å²) in [4.78, 5) is 11.4. The summed E-state index contributed by atoms with van der Waals surface area (Å²) in [5.41, 5.74) is 0.821. The first-order chi connectivity index (χ1) is 8.67. The van der Waals surface area contributed by atoms with Crippen LogP contribution in [0, 0.1) is 5.92 Å². The molecule has 0 amide bonds. The van der Waals surface area contributed by atoms with Crippen LogP contribution in [0.4, 0.5) is 0 Å². The van der Waals surface area contributed by atoms with Crippen molar-refractivity contribution in [3.63, 3.8) is 0 Å². The van der Waals surface area contributed by atoms with Crippen LogP contribution in [0.1, 0.15) is 18.6 Å². The second-order valence-corrected chi connectivity index (χ2v) is 4.16. The van der Waals surface area contributed by atoms with Gasteiger partial charge < -0.3 is 14.2 Å². The molecule has 0 aromatic heterocycles. The van der Waals surface area contributed by atoms with Crippen molar-refractivity contribution in [2.45, 2.75) is 13.0 Å². The number of carbonyl (C=O) groups excluding carboxylic acids is 1. The number of rotatable bonds is 3. The van der Waals surface area contributed by atoms with E-state index in [1.54, 1.807) is 14.2 Å². The Balaban J connectivity index is 2.44. The molecular weight excluding hydrogens is 232 g/mol. The Labute approximate surface area is 106 Å². The Bertz CT molecular complexity index is 479. The van der Waals surface area contributed by atoms with Crippen LogP contribution in [-0.2, 0) is 9.53 Å². The van der Waals surface area contributed by atoms with Crippen LogP contribution in [-0.4, -0.2) is 20.2 Å². The minimum Gasteiger partial charge on any atom is -0.493 e. The third-order valence-corrected chi connectivity index (χ3v) is 3.00. The summed E-state index contributed by atoms with van der Waals surface area (Å²) in [6.07, 6.45) is 2.95. The smallest absolute Gasteiger partial charge is 0.331 e. The largest absolute Gasteiger partial charge is 0.493 e. The second kappa shape index (κ2) is 5.12. The summed E-state index contributed by atoms with van der Waals surface area (Å²) in [7, 11) is 3.16. The van der Waals surface area contributed by atoms with Crippen molar-refractivity contribution in [2.24, 2.45) is 5.92 Å². The number of hydrogen-bond acceptors (Lipinski definition) is 4. The van der Waals surface area contributed by atoms with E-state index in [-0.39, 0.29) is 18.0 Å². The molecule has 18 heavy (non-hydrogen) atoms. The summed E-state index contributed by atoms with van der Waals surface area (Å²) in [5, 5.41) is 0. The molecule has 0 fully saturated rings. The summed E-state index contributed by atoms with van der Waals surface area (Å²) >= 11 is 0. The second-order valence-electron chi connectivity index (χ2n) is 4.16. The molecule has 1 aromatic rings. The summed E-state index contributed by atoms with van der Waals surface area (Å²) in [6.45, 7) is 1.99. The van der Waals surface area contributed by atoms with Crippen molar-refractivity contribution in [3.05, 3.63) is 35.9 Å². The van der Waals surface area contributed by atoms with Gasteiger partial charge in [0.05, 0.1) is 14.2 Å². The van der Waals surface area contributed by atoms with Gasteiger partial charge in [-0.1, -0.05) is 25.1 Å². The summed E-state index contributed by atoms with van der Waals surface area (Å²) in [6, 6.07) is 5.55. The van der Waals surface area contributed by atoms with Gasteiger partial charge in [-0.3, -0.25) is 0 Å². The van der Waals surface area contributed by atoms with Crippen molar-refractivity contribution in [2.75, 3.05) is 14.2 Å². The normalized spacial score (nSPS) is 22.5. The van der Waals surface area contributed by atoms with Crippen molar-refractivity contribution in [1.29, 1.82) is 0 Å². The van der Waals surface area contributed by atoms with Gasteiger partial charge in [0.15, 0.2) is 11.5 Å². The van der Waals surface area contributed by atoms with E-state index >= 15 is 0 Å². The van der Waals surface area contributed by atoms with Crippen LogP contribution < -0.4 is 9.47 Å². The Morgan fingerprint density at radius 2 is 2.00 bits per heavy atom. The molecule has 0 saturated heterocycles. The van der Waals surface area contributed by atoms with E-state index in [1.807, 2.05) is 31.2 Å². The standard InChI is InChI=1S/C14H16O4/c1-9-7-8-12(15)18-13(9)10-5-4-6-11(16-2)14(10)17-3/h4-9,13H,1-3H3/t9-,13-/m0/s1. The van der Waals surface area contributed by atoms with Crippen LogP contribution in [0.3, 0.4) is 0 Å². The van der Waals surface area contributed by atoms with Crippen molar-refractivity contribution in [1.82, 2.24) is 0 Å². The summed E-state index contributed by atoms with van der Waals surface area (Å²) in [5.74, 6) is 1.01. The number of hydrogen-bond donors (Lipinski definition) is 0. The lowest BCUT2D eigenvalue weighted by Crippen LogP contribution is -2.20. The molecule has 0 spiro atoms. The van der Waals surface area contributed by atoms with Crippen LogP contribution in [0.2, 0.25) is 0 Å². The van der Waals surface area contributed by atoms with E-state index in [9.17, 15) is 4.79 Å². The van der Waals surface area contributed by atoms with Crippen LogP contribution in [0.25, 0.3) is 0 Å². The first-order valence-corrected chi connectivity index (χ1v) is 5.77. The fourth-order valence-corrected chi connectivity index (χ4v) is 2.09. The number of para-hydroxylation sites is 1. The molecular formula is C14H16O4. The molecule has 0 saturated carbocycles. The molecule has 0 bridgehead atoms. The Hall–Kier alpha value is -1.97. The molecule has 96 valence electrons. The highest BCUT2D eigenvalue weighted by Gasteiger charge is 2.28. The maximum absolute atomic E-state index is 11.4. The Morgan fingerprint density at radius 3 is 2.67 bits per heavy atom. The molecule has 1 aliphatic heterocycles. The van der Waals surface area contributed by atoms with Crippen molar-refractivity contribution < 1.29 is 19.0 Å². The van der Waals surface area contributed by atoms with Gasteiger partial charge in [0.2, 0.25) is 0 Å². The average molecular weight is 248 g/mol. The predicted molar refractivity (Wildman–Crippen MR) is 66.7 cm³/mol. The molecule has 1 aromatic carbocycles. The first kappa shape index (κ1) is 12.5. The molecule has 0 radical (unpaired) electrons. The number of cyclic esters (lactones) is 1. The highest BCUT2D eigenvalue weighted by atomic mass is 16.5. The molecule has 1 aliphatic rings. The number of benzene rings is 1. The van der Waals surface area contributed by atoms with Gasteiger partial charge in [-0.05, 0) is 6.07 Å². The van der Waals surface area contributed by atoms with Crippen LogP contribution in [0.5, 0.6) is 11.5 Å². The molecule has 4 heteroatoms. The zero-order valence-corrected chi connectivity index (χ0v) is 10.7. The topological polar surface area (TPSA) is 44.8 Å². The SMILES string of the molecule is COc1cccc([C@H]2OC(=O)C=C[C@@H]2C)c1OC. The molecule has 0 unspecified atom stereocenters. The minimum atomic E-state index is -0.340. The van der Waals surface area contributed by atoms with E-state index in [0.29, 0.717) is 11.5 Å². The number of methoxy groups -OCH3 is 2. The molecule has 2 rings (SSSR count).